The standard InChI is InChI=1S/C30H18F3N7O2/c31-22-7-11-26-25(13-22)28-37-38-39-40(28)18-29(26,41)30(32,33)27-12-6-20(15-36-27)2-1-19-4-9-24(10-5-19)42-17-23-8-3-21(14-34)16-35-23/h3-13,15-16,41H,17-18H2. The first kappa shape index (κ1) is 26.6. The minimum Gasteiger partial charge on any atom is -0.487 e. The van der Waals surface area contributed by atoms with E-state index in [1.807, 2.05) is 6.07 Å². The molecule has 1 unspecified atom stereocenters. The van der Waals surface area contributed by atoms with Crippen LogP contribution in [0.4, 0.5) is 13.2 Å². The number of pyridine rings is 2. The Bertz CT molecular complexity index is 1870. The van der Waals surface area contributed by atoms with Gasteiger partial charge in [0, 0.05) is 34.6 Å². The molecular formula is C30H18F3N7O2. The number of halogens is 3. The van der Waals surface area contributed by atoms with Crippen LogP contribution in [0.5, 0.6) is 5.75 Å². The molecule has 4 heterocycles. The average Bonchev–Trinajstić information content (AvgIpc) is 3.48. The lowest BCUT2D eigenvalue weighted by molar-refractivity contribution is -0.207. The monoisotopic (exact) mass is 565 g/mol. The van der Waals surface area contributed by atoms with Gasteiger partial charge in [-0.25, -0.2) is 9.07 Å². The molecule has 3 aromatic heterocycles. The third kappa shape index (κ3) is 4.80. The van der Waals surface area contributed by atoms with Gasteiger partial charge in [0.15, 0.2) is 11.4 Å². The minimum atomic E-state index is -3.89. The zero-order chi connectivity index (χ0) is 29.3. The van der Waals surface area contributed by atoms with E-state index in [0.29, 0.717) is 28.1 Å². The summed E-state index contributed by atoms with van der Waals surface area (Å²) in [4.78, 5) is 8.06. The van der Waals surface area contributed by atoms with E-state index in [0.717, 1.165) is 28.9 Å². The molecule has 0 saturated heterocycles. The molecule has 6 rings (SSSR count). The molecule has 1 aliphatic rings. The Morgan fingerprint density at radius 3 is 2.40 bits per heavy atom. The molecular weight excluding hydrogens is 547 g/mol. The summed E-state index contributed by atoms with van der Waals surface area (Å²) < 4.78 is 52.4. The molecule has 0 aliphatic carbocycles. The number of alkyl halides is 2. The molecule has 206 valence electrons. The van der Waals surface area contributed by atoms with Crippen molar-refractivity contribution in [1.29, 1.82) is 5.26 Å². The molecule has 0 bridgehead atoms. The zero-order valence-corrected chi connectivity index (χ0v) is 21.5. The lowest BCUT2D eigenvalue weighted by atomic mass is 9.80. The van der Waals surface area contributed by atoms with Gasteiger partial charge < -0.3 is 9.84 Å². The van der Waals surface area contributed by atoms with Gasteiger partial charge in [-0.2, -0.15) is 14.0 Å². The first-order valence-corrected chi connectivity index (χ1v) is 12.5. The van der Waals surface area contributed by atoms with Crippen LogP contribution in [0.15, 0.2) is 79.1 Å². The highest BCUT2D eigenvalue weighted by molar-refractivity contribution is 5.64. The molecule has 1 atom stereocenters. The number of aliphatic hydroxyl groups is 1. The summed E-state index contributed by atoms with van der Waals surface area (Å²) in [6, 6.07) is 17.9. The van der Waals surface area contributed by atoms with Gasteiger partial charge in [-0.05, 0) is 71.1 Å². The second kappa shape index (κ2) is 10.4. The van der Waals surface area contributed by atoms with Crippen molar-refractivity contribution >= 4 is 0 Å². The highest BCUT2D eigenvalue weighted by Crippen LogP contribution is 2.50. The predicted octanol–water partition coefficient (Wildman–Crippen LogP) is 4.11. The van der Waals surface area contributed by atoms with E-state index in [2.05, 4.69) is 37.3 Å². The fraction of sp³-hybridized carbons (Fsp3) is 0.133. The number of fused-ring (bicyclic) bond motifs is 3. The molecule has 5 aromatic rings. The molecule has 0 saturated carbocycles. The van der Waals surface area contributed by atoms with E-state index in [9.17, 15) is 9.50 Å². The van der Waals surface area contributed by atoms with Gasteiger partial charge in [-0.3, -0.25) is 9.97 Å². The van der Waals surface area contributed by atoms with Crippen molar-refractivity contribution in [2.45, 2.75) is 24.7 Å². The third-order valence-corrected chi connectivity index (χ3v) is 6.73. The number of aromatic nitrogens is 6. The number of hydrogen-bond donors (Lipinski definition) is 1. The van der Waals surface area contributed by atoms with Crippen LogP contribution in [0, 0.1) is 29.0 Å². The number of tetrazole rings is 1. The Balaban J connectivity index is 1.17. The summed E-state index contributed by atoms with van der Waals surface area (Å²) in [5, 5.41) is 31.1. The van der Waals surface area contributed by atoms with Crippen molar-refractivity contribution in [3.05, 3.63) is 119 Å². The van der Waals surface area contributed by atoms with Crippen LogP contribution in [0.2, 0.25) is 0 Å². The van der Waals surface area contributed by atoms with Gasteiger partial charge in [-0.15, -0.1) is 5.10 Å². The second-order valence-corrected chi connectivity index (χ2v) is 9.43. The van der Waals surface area contributed by atoms with Gasteiger partial charge >= 0.3 is 5.92 Å². The van der Waals surface area contributed by atoms with Crippen LogP contribution in [0.3, 0.4) is 0 Å². The van der Waals surface area contributed by atoms with Gasteiger partial charge in [0.25, 0.3) is 0 Å². The normalized spacial score (nSPS) is 15.5. The van der Waals surface area contributed by atoms with Gasteiger partial charge in [0.05, 0.1) is 17.8 Å². The Labute approximate surface area is 236 Å². The smallest absolute Gasteiger partial charge is 0.323 e. The maximum atomic E-state index is 15.9. The van der Waals surface area contributed by atoms with E-state index in [4.69, 9.17) is 10.00 Å². The summed E-state index contributed by atoms with van der Waals surface area (Å²) in [6.07, 6.45) is 2.67. The minimum absolute atomic E-state index is 0.0294. The maximum Gasteiger partial charge on any atom is 0.323 e. The molecule has 0 spiro atoms. The van der Waals surface area contributed by atoms with Crippen LogP contribution in [-0.2, 0) is 24.7 Å². The molecule has 12 heteroatoms. The van der Waals surface area contributed by atoms with E-state index >= 15 is 8.78 Å². The molecule has 0 fully saturated rings. The largest absolute Gasteiger partial charge is 0.487 e. The Hall–Kier alpha value is -5.59. The number of nitriles is 1. The van der Waals surface area contributed by atoms with Crippen LogP contribution < -0.4 is 4.74 Å². The maximum absolute atomic E-state index is 15.9. The van der Waals surface area contributed by atoms with E-state index < -0.39 is 29.6 Å². The fourth-order valence-electron chi connectivity index (χ4n) is 4.51. The molecule has 1 N–H and O–H groups in total. The summed E-state index contributed by atoms with van der Waals surface area (Å²) in [6.45, 7) is -0.429. The summed E-state index contributed by atoms with van der Waals surface area (Å²) in [5.41, 5.74) is -1.55. The molecule has 2 aromatic carbocycles. The van der Waals surface area contributed by atoms with Crippen molar-refractivity contribution in [1.82, 2.24) is 30.2 Å². The second-order valence-electron chi connectivity index (χ2n) is 9.43. The van der Waals surface area contributed by atoms with Crippen molar-refractivity contribution in [2.24, 2.45) is 0 Å². The fourth-order valence-corrected chi connectivity index (χ4v) is 4.51. The Morgan fingerprint density at radius 2 is 1.69 bits per heavy atom. The van der Waals surface area contributed by atoms with Gasteiger partial charge in [0.2, 0.25) is 0 Å². The number of hydrogen-bond acceptors (Lipinski definition) is 8. The van der Waals surface area contributed by atoms with Crippen molar-refractivity contribution in [3.63, 3.8) is 0 Å². The first-order valence-electron chi connectivity index (χ1n) is 12.5. The number of nitrogens with zero attached hydrogens (tertiary/aromatic N) is 7. The SMILES string of the molecule is N#Cc1ccc(COc2ccc(C#Cc3ccc(C(F)(F)C4(O)Cn5nnnc5-c5cc(F)ccc54)nc3)cc2)nc1. The Morgan fingerprint density at radius 1 is 0.952 bits per heavy atom. The zero-order valence-electron chi connectivity index (χ0n) is 21.5. The first-order chi connectivity index (χ1) is 20.3. The van der Waals surface area contributed by atoms with Crippen LogP contribution >= 0.6 is 0 Å². The topological polar surface area (TPSA) is 123 Å². The van der Waals surface area contributed by atoms with Crippen LogP contribution in [0.25, 0.3) is 11.4 Å². The average molecular weight is 566 g/mol. The van der Waals surface area contributed by atoms with Crippen LogP contribution in [-0.4, -0.2) is 35.3 Å². The highest BCUT2D eigenvalue weighted by atomic mass is 19.3. The lowest BCUT2D eigenvalue weighted by Gasteiger charge is -2.39. The van der Waals surface area contributed by atoms with Crippen molar-refractivity contribution in [2.75, 3.05) is 0 Å². The molecule has 1 aliphatic heterocycles. The molecule has 0 radical (unpaired) electrons. The highest BCUT2D eigenvalue weighted by Gasteiger charge is 2.59. The van der Waals surface area contributed by atoms with E-state index in [-0.39, 0.29) is 23.6 Å². The predicted molar refractivity (Wildman–Crippen MR) is 141 cm³/mol. The third-order valence-electron chi connectivity index (χ3n) is 6.73. The molecule has 42 heavy (non-hydrogen) atoms. The summed E-state index contributed by atoms with van der Waals surface area (Å²) in [5.74, 6) is 1.92. The van der Waals surface area contributed by atoms with Gasteiger partial charge in [-0.1, -0.05) is 17.9 Å². The summed E-state index contributed by atoms with van der Waals surface area (Å²) in [7, 11) is 0. The summed E-state index contributed by atoms with van der Waals surface area (Å²) >= 11 is 0. The van der Waals surface area contributed by atoms with Crippen molar-refractivity contribution in [3.8, 4) is 35.0 Å². The number of ether oxygens (including phenoxy) is 1. The van der Waals surface area contributed by atoms with Crippen molar-refractivity contribution < 1.29 is 23.0 Å². The molecule has 9 nitrogen and oxygen atoms in total. The molecule has 0 amide bonds. The van der Waals surface area contributed by atoms with E-state index in [1.54, 1.807) is 36.4 Å². The van der Waals surface area contributed by atoms with Gasteiger partial charge in [0.1, 0.15) is 29.9 Å². The van der Waals surface area contributed by atoms with E-state index in [1.165, 1.54) is 18.5 Å². The Kier molecular flexibility index (Phi) is 6.61. The number of rotatable bonds is 5. The lowest BCUT2D eigenvalue weighted by Crippen LogP contribution is -2.49. The quantitative estimate of drug-likeness (QED) is 0.316. The van der Waals surface area contributed by atoms with Crippen LogP contribution in [0.1, 0.15) is 33.6 Å². The number of benzene rings is 2.